The van der Waals surface area contributed by atoms with Gasteiger partial charge in [0.05, 0.1) is 16.1 Å². The van der Waals surface area contributed by atoms with E-state index < -0.39 is 10.0 Å². The summed E-state index contributed by atoms with van der Waals surface area (Å²) in [5.74, 6) is 0.304. The van der Waals surface area contributed by atoms with Crippen molar-refractivity contribution in [3.63, 3.8) is 0 Å². The van der Waals surface area contributed by atoms with E-state index in [-0.39, 0.29) is 10.8 Å². The molecule has 0 unspecified atom stereocenters. The zero-order chi connectivity index (χ0) is 18.2. The number of nitrogens with zero attached hydrogens (tertiary/aromatic N) is 2. The van der Waals surface area contributed by atoms with Gasteiger partial charge in [-0.3, -0.25) is 0 Å². The average Bonchev–Trinajstić information content (AvgIpc) is 2.86. The topological polar surface area (TPSA) is 121 Å². The van der Waals surface area contributed by atoms with Crippen molar-refractivity contribution in [2.45, 2.75) is 24.7 Å². The lowest BCUT2D eigenvalue weighted by atomic mass is 10.0. The van der Waals surface area contributed by atoms with Gasteiger partial charge in [0.2, 0.25) is 15.9 Å². The molecule has 4 N–H and O–H groups in total. The fraction of sp³-hybridized carbons (Fsp3) is 0.176. The number of hydrogen-bond acceptors (Lipinski definition) is 5. The van der Waals surface area contributed by atoms with Crippen LogP contribution in [0.2, 0.25) is 0 Å². The Bertz CT molecular complexity index is 1050. The predicted molar refractivity (Wildman–Crippen MR) is 96.0 cm³/mol. The van der Waals surface area contributed by atoms with Crippen LogP contribution in [0.5, 0.6) is 5.88 Å². The lowest BCUT2D eigenvalue weighted by molar-refractivity contribution is 0.459. The monoisotopic (exact) mass is 358 g/mol. The van der Waals surface area contributed by atoms with Gasteiger partial charge in [-0.05, 0) is 41.8 Å². The Morgan fingerprint density at radius 3 is 2.36 bits per heavy atom. The molecular formula is C17H18N4O3S. The van der Waals surface area contributed by atoms with Crippen LogP contribution in [-0.4, -0.2) is 18.5 Å². The third-order valence-corrected chi connectivity index (χ3v) is 4.80. The Balaban J connectivity index is 1.94. The van der Waals surface area contributed by atoms with Crippen molar-refractivity contribution in [1.82, 2.24) is 4.98 Å². The summed E-state index contributed by atoms with van der Waals surface area (Å²) in [4.78, 5) is 2.90. The van der Waals surface area contributed by atoms with Crippen LogP contribution in [0.3, 0.4) is 0 Å². The molecule has 0 radical (unpaired) electrons. The minimum absolute atomic E-state index is 0.00241. The number of azo groups is 1. The number of nitrogens with one attached hydrogen (secondary N) is 1. The number of aromatic hydroxyl groups is 1. The number of aromatic nitrogens is 1. The fourth-order valence-electron chi connectivity index (χ4n) is 2.46. The zero-order valence-corrected chi connectivity index (χ0v) is 14.6. The molecule has 7 nitrogen and oxygen atoms in total. The molecule has 0 amide bonds. The van der Waals surface area contributed by atoms with E-state index in [0.717, 1.165) is 16.5 Å². The Kier molecular flexibility index (Phi) is 4.32. The normalized spacial score (nSPS) is 12.5. The molecule has 0 bridgehead atoms. The third kappa shape index (κ3) is 3.54. The minimum Gasteiger partial charge on any atom is -0.493 e. The molecule has 0 aliphatic carbocycles. The van der Waals surface area contributed by atoms with Gasteiger partial charge in [-0.15, -0.1) is 5.11 Å². The Hall–Kier alpha value is -2.71. The molecule has 1 aromatic heterocycles. The van der Waals surface area contributed by atoms with Gasteiger partial charge in [-0.25, -0.2) is 13.6 Å². The average molecular weight is 358 g/mol. The first-order valence-corrected chi connectivity index (χ1v) is 9.19. The van der Waals surface area contributed by atoms with Crippen molar-refractivity contribution in [1.29, 1.82) is 0 Å². The molecule has 25 heavy (non-hydrogen) atoms. The summed E-state index contributed by atoms with van der Waals surface area (Å²) in [6, 6.07) is 11.5. The van der Waals surface area contributed by atoms with Crippen LogP contribution in [0.25, 0.3) is 10.9 Å². The number of hydrogen-bond donors (Lipinski definition) is 3. The van der Waals surface area contributed by atoms with Gasteiger partial charge in [0.15, 0.2) is 5.69 Å². The van der Waals surface area contributed by atoms with E-state index in [1.807, 2.05) is 18.2 Å². The molecule has 1 heterocycles. The number of fused-ring (bicyclic) bond motifs is 1. The van der Waals surface area contributed by atoms with Gasteiger partial charge in [0, 0.05) is 5.39 Å². The Morgan fingerprint density at radius 2 is 1.76 bits per heavy atom. The molecule has 8 heteroatoms. The molecule has 0 fully saturated rings. The number of aromatic amines is 1. The highest BCUT2D eigenvalue weighted by atomic mass is 32.2. The molecule has 130 valence electrons. The summed E-state index contributed by atoms with van der Waals surface area (Å²) < 4.78 is 22.5. The van der Waals surface area contributed by atoms with E-state index in [9.17, 15) is 13.5 Å². The van der Waals surface area contributed by atoms with E-state index in [1.165, 1.54) is 24.3 Å². The first-order valence-electron chi connectivity index (χ1n) is 7.65. The standard InChI is InChI=1S/C17H18N4O3S/c1-10(2)11-3-8-14-15(9-11)19-17(22)16(14)21-20-12-4-6-13(7-5-12)25(18,23)24/h3-10,19,22H,1-2H3,(H2,18,23,24). The summed E-state index contributed by atoms with van der Waals surface area (Å²) in [6.45, 7) is 4.19. The summed E-state index contributed by atoms with van der Waals surface area (Å²) >= 11 is 0. The summed E-state index contributed by atoms with van der Waals surface area (Å²) in [5.41, 5.74) is 2.71. The molecule has 3 rings (SSSR count). The van der Waals surface area contributed by atoms with E-state index >= 15 is 0 Å². The lowest BCUT2D eigenvalue weighted by Gasteiger charge is -2.04. The second-order valence-corrected chi connectivity index (χ2v) is 7.58. The smallest absolute Gasteiger partial charge is 0.238 e. The van der Waals surface area contributed by atoms with Crippen LogP contribution < -0.4 is 5.14 Å². The molecule has 2 aromatic carbocycles. The van der Waals surface area contributed by atoms with E-state index in [2.05, 4.69) is 29.1 Å². The molecule has 0 saturated carbocycles. The van der Waals surface area contributed by atoms with Crippen molar-refractivity contribution in [2.75, 3.05) is 0 Å². The molecule has 0 aliphatic heterocycles. The van der Waals surface area contributed by atoms with Crippen molar-refractivity contribution in [3.05, 3.63) is 48.0 Å². The second kappa shape index (κ2) is 6.30. The van der Waals surface area contributed by atoms with E-state index in [4.69, 9.17) is 5.14 Å². The van der Waals surface area contributed by atoms with Gasteiger partial charge in [0.1, 0.15) is 0 Å². The van der Waals surface area contributed by atoms with Gasteiger partial charge >= 0.3 is 0 Å². The highest BCUT2D eigenvalue weighted by Gasteiger charge is 2.12. The maximum atomic E-state index is 11.2. The van der Waals surface area contributed by atoms with Crippen LogP contribution in [0.15, 0.2) is 57.6 Å². The van der Waals surface area contributed by atoms with E-state index in [1.54, 1.807) is 0 Å². The number of benzene rings is 2. The van der Waals surface area contributed by atoms with Gasteiger partial charge in [0.25, 0.3) is 0 Å². The summed E-state index contributed by atoms with van der Waals surface area (Å²) in [5, 5.41) is 24.0. The molecule has 0 saturated heterocycles. The largest absolute Gasteiger partial charge is 0.493 e. The highest BCUT2D eigenvalue weighted by Crippen LogP contribution is 2.37. The van der Waals surface area contributed by atoms with Crippen LogP contribution in [0.4, 0.5) is 11.4 Å². The SMILES string of the molecule is CC(C)c1ccc2c(N=Nc3ccc(S(N)(=O)=O)cc3)c(O)[nH]c2c1. The van der Waals surface area contributed by atoms with Crippen molar-refractivity contribution >= 4 is 32.3 Å². The number of sulfonamides is 1. The molecule has 0 aliphatic rings. The molecule has 3 aromatic rings. The van der Waals surface area contributed by atoms with Gasteiger partial charge in [-0.1, -0.05) is 26.0 Å². The maximum absolute atomic E-state index is 11.2. The quantitative estimate of drug-likeness (QED) is 0.610. The van der Waals surface area contributed by atoms with Crippen LogP contribution in [-0.2, 0) is 10.0 Å². The van der Waals surface area contributed by atoms with Crippen LogP contribution in [0, 0.1) is 0 Å². The first kappa shape index (κ1) is 17.1. The molecule has 0 spiro atoms. The van der Waals surface area contributed by atoms with E-state index in [0.29, 0.717) is 17.3 Å². The maximum Gasteiger partial charge on any atom is 0.238 e. The van der Waals surface area contributed by atoms with Gasteiger partial charge in [-0.2, -0.15) is 5.11 Å². The van der Waals surface area contributed by atoms with Gasteiger partial charge < -0.3 is 10.1 Å². The lowest BCUT2D eigenvalue weighted by Crippen LogP contribution is -2.11. The van der Waals surface area contributed by atoms with Crippen LogP contribution >= 0.6 is 0 Å². The minimum atomic E-state index is -3.74. The fourth-order valence-corrected chi connectivity index (χ4v) is 2.97. The van der Waals surface area contributed by atoms with Crippen molar-refractivity contribution in [2.24, 2.45) is 15.4 Å². The zero-order valence-electron chi connectivity index (χ0n) is 13.8. The Labute approximate surface area is 145 Å². The number of rotatable bonds is 4. The molecule has 0 atom stereocenters. The van der Waals surface area contributed by atoms with Crippen molar-refractivity contribution in [3.8, 4) is 5.88 Å². The first-order chi connectivity index (χ1) is 11.8. The third-order valence-electron chi connectivity index (χ3n) is 3.87. The summed E-state index contributed by atoms with van der Waals surface area (Å²) in [7, 11) is -3.74. The summed E-state index contributed by atoms with van der Waals surface area (Å²) in [6.07, 6.45) is 0. The van der Waals surface area contributed by atoms with Crippen LogP contribution in [0.1, 0.15) is 25.3 Å². The highest BCUT2D eigenvalue weighted by molar-refractivity contribution is 7.89. The number of primary sulfonamides is 1. The second-order valence-electron chi connectivity index (χ2n) is 6.02. The number of H-pyrrole nitrogens is 1. The van der Waals surface area contributed by atoms with Crippen molar-refractivity contribution < 1.29 is 13.5 Å². The number of nitrogens with two attached hydrogens (primary N) is 1. The molecular weight excluding hydrogens is 340 g/mol. The predicted octanol–water partition coefficient (Wildman–Crippen LogP) is 4.06. The Morgan fingerprint density at radius 1 is 1.08 bits per heavy atom.